The third-order valence-electron chi connectivity index (χ3n) is 2.42. The van der Waals surface area contributed by atoms with Gasteiger partial charge in [0.1, 0.15) is 0 Å². The van der Waals surface area contributed by atoms with Crippen molar-refractivity contribution in [3.63, 3.8) is 0 Å². The van der Waals surface area contributed by atoms with Gasteiger partial charge in [-0.05, 0) is 24.7 Å². The molecule has 0 aliphatic heterocycles. The van der Waals surface area contributed by atoms with Crippen LogP contribution in [0.3, 0.4) is 0 Å². The highest BCUT2D eigenvalue weighted by molar-refractivity contribution is 8.13. The lowest BCUT2D eigenvalue weighted by Gasteiger charge is -2.19. The Morgan fingerprint density at radius 1 is 1.25 bits per heavy atom. The van der Waals surface area contributed by atoms with E-state index in [1.54, 1.807) is 0 Å². The number of benzene rings is 1. The molecule has 0 radical (unpaired) electrons. The average molecular weight is 237 g/mol. The Labute approximate surface area is 102 Å². The lowest BCUT2D eigenvalue weighted by atomic mass is 10.1. The van der Waals surface area contributed by atoms with Gasteiger partial charge in [0.25, 0.3) is 5.24 Å². The minimum absolute atomic E-state index is 0.195. The summed E-state index contributed by atoms with van der Waals surface area (Å²) in [6.45, 7) is 5.64. The maximum Gasteiger partial charge on any atom is 0.281 e. The summed E-state index contributed by atoms with van der Waals surface area (Å²) in [4.78, 5) is 13.6. The molecule has 1 aromatic carbocycles. The molecule has 88 valence electrons. The van der Waals surface area contributed by atoms with E-state index in [4.69, 9.17) is 0 Å². The zero-order chi connectivity index (χ0) is 11.8. The van der Waals surface area contributed by atoms with Crippen LogP contribution in [0.4, 0.5) is 4.79 Å². The van der Waals surface area contributed by atoms with E-state index in [0.29, 0.717) is 0 Å². The second-order valence-electron chi connectivity index (χ2n) is 3.51. The second kappa shape index (κ2) is 7.34. The van der Waals surface area contributed by atoms with E-state index >= 15 is 0 Å². The molecule has 0 heterocycles. The van der Waals surface area contributed by atoms with Crippen LogP contribution in [0.5, 0.6) is 0 Å². The van der Waals surface area contributed by atoms with E-state index in [1.807, 2.05) is 36.9 Å². The molecule has 1 amide bonds. The van der Waals surface area contributed by atoms with Crippen LogP contribution < -0.4 is 0 Å². The standard InChI is InChI=1S/C13H19NOS/c1-3-14(13(15)16-4-2)11-10-12-8-6-5-7-9-12/h5-9H,3-4,10-11H2,1-2H3. The first-order valence-electron chi connectivity index (χ1n) is 5.73. The van der Waals surface area contributed by atoms with Crippen molar-refractivity contribution in [2.24, 2.45) is 0 Å². The first-order chi connectivity index (χ1) is 7.77. The molecule has 0 aromatic heterocycles. The Balaban J connectivity index is 2.43. The molecule has 1 rings (SSSR count). The van der Waals surface area contributed by atoms with Gasteiger partial charge in [-0.25, -0.2) is 0 Å². The van der Waals surface area contributed by atoms with Crippen molar-refractivity contribution in [3.8, 4) is 0 Å². The van der Waals surface area contributed by atoms with E-state index in [1.165, 1.54) is 17.3 Å². The van der Waals surface area contributed by atoms with Gasteiger partial charge < -0.3 is 4.90 Å². The van der Waals surface area contributed by atoms with Gasteiger partial charge in [0.2, 0.25) is 0 Å². The van der Waals surface area contributed by atoms with Crippen LogP contribution in [-0.4, -0.2) is 29.0 Å². The molecule has 0 saturated heterocycles. The molecule has 0 N–H and O–H groups in total. The molecule has 0 fully saturated rings. The van der Waals surface area contributed by atoms with Crippen molar-refractivity contribution in [3.05, 3.63) is 35.9 Å². The van der Waals surface area contributed by atoms with E-state index in [0.717, 1.165) is 25.3 Å². The Bertz CT molecular complexity index is 313. The molecule has 2 nitrogen and oxygen atoms in total. The molecule has 0 saturated carbocycles. The van der Waals surface area contributed by atoms with Gasteiger partial charge in [0, 0.05) is 13.1 Å². The number of carbonyl (C=O) groups excluding carboxylic acids is 1. The van der Waals surface area contributed by atoms with Crippen molar-refractivity contribution in [2.75, 3.05) is 18.8 Å². The fraction of sp³-hybridized carbons (Fsp3) is 0.462. The van der Waals surface area contributed by atoms with Crippen molar-refractivity contribution in [1.82, 2.24) is 4.90 Å². The van der Waals surface area contributed by atoms with Crippen LogP contribution in [-0.2, 0) is 6.42 Å². The molecule has 0 aliphatic rings. The van der Waals surface area contributed by atoms with E-state index in [9.17, 15) is 4.79 Å². The van der Waals surface area contributed by atoms with Gasteiger partial charge in [0.15, 0.2) is 0 Å². The number of carbonyl (C=O) groups is 1. The van der Waals surface area contributed by atoms with Crippen LogP contribution >= 0.6 is 11.8 Å². The second-order valence-corrected chi connectivity index (χ2v) is 4.73. The summed E-state index contributed by atoms with van der Waals surface area (Å²) >= 11 is 1.39. The van der Waals surface area contributed by atoms with Crippen molar-refractivity contribution in [1.29, 1.82) is 0 Å². The Morgan fingerprint density at radius 3 is 2.50 bits per heavy atom. The van der Waals surface area contributed by atoms with Gasteiger partial charge >= 0.3 is 0 Å². The van der Waals surface area contributed by atoms with Crippen LogP contribution in [0.1, 0.15) is 19.4 Å². The summed E-state index contributed by atoms with van der Waals surface area (Å²) in [6.07, 6.45) is 0.935. The zero-order valence-electron chi connectivity index (χ0n) is 9.98. The van der Waals surface area contributed by atoms with Gasteiger partial charge in [-0.1, -0.05) is 49.0 Å². The topological polar surface area (TPSA) is 20.3 Å². The summed E-state index contributed by atoms with van der Waals surface area (Å²) in [6, 6.07) is 10.3. The van der Waals surface area contributed by atoms with Crippen LogP contribution in [0.25, 0.3) is 0 Å². The Hall–Kier alpha value is -0.960. The SMILES string of the molecule is CCSC(=O)N(CC)CCc1ccccc1. The summed E-state index contributed by atoms with van der Waals surface area (Å²) in [5.41, 5.74) is 1.29. The molecule has 0 unspecified atom stereocenters. The largest absolute Gasteiger partial charge is 0.334 e. The summed E-state index contributed by atoms with van der Waals surface area (Å²) in [7, 11) is 0. The molecular formula is C13H19NOS. The number of nitrogens with zero attached hydrogens (tertiary/aromatic N) is 1. The van der Waals surface area contributed by atoms with Crippen LogP contribution in [0, 0.1) is 0 Å². The summed E-state index contributed by atoms with van der Waals surface area (Å²) in [5.74, 6) is 0.848. The monoisotopic (exact) mass is 237 g/mol. The summed E-state index contributed by atoms with van der Waals surface area (Å²) < 4.78 is 0. The smallest absolute Gasteiger partial charge is 0.281 e. The first kappa shape index (κ1) is 13.1. The lowest BCUT2D eigenvalue weighted by Crippen LogP contribution is -2.29. The average Bonchev–Trinajstić information content (AvgIpc) is 2.31. The Kier molecular flexibility index (Phi) is 6.01. The molecule has 16 heavy (non-hydrogen) atoms. The quantitative estimate of drug-likeness (QED) is 0.782. The molecule has 3 heteroatoms. The highest BCUT2D eigenvalue weighted by Gasteiger charge is 2.10. The fourth-order valence-corrected chi connectivity index (χ4v) is 2.15. The van der Waals surface area contributed by atoms with Gasteiger partial charge in [0.05, 0.1) is 0 Å². The maximum atomic E-state index is 11.7. The third kappa shape index (κ3) is 4.27. The van der Waals surface area contributed by atoms with Crippen molar-refractivity contribution >= 4 is 17.0 Å². The predicted octanol–water partition coefficient (Wildman–Crippen LogP) is 3.42. The van der Waals surface area contributed by atoms with E-state index < -0.39 is 0 Å². The number of rotatable bonds is 5. The van der Waals surface area contributed by atoms with Gasteiger partial charge in [-0.2, -0.15) is 0 Å². The van der Waals surface area contributed by atoms with Crippen LogP contribution in [0.15, 0.2) is 30.3 Å². The van der Waals surface area contributed by atoms with Gasteiger partial charge in [-0.3, -0.25) is 4.79 Å². The van der Waals surface area contributed by atoms with Crippen molar-refractivity contribution in [2.45, 2.75) is 20.3 Å². The highest BCUT2D eigenvalue weighted by Crippen LogP contribution is 2.09. The fourth-order valence-electron chi connectivity index (χ4n) is 1.50. The third-order valence-corrected chi connectivity index (χ3v) is 3.21. The lowest BCUT2D eigenvalue weighted by molar-refractivity contribution is 0.226. The first-order valence-corrected chi connectivity index (χ1v) is 6.72. The maximum absolute atomic E-state index is 11.7. The number of thioether (sulfide) groups is 1. The summed E-state index contributed by atoms with van der Waals surface area (Å²) in [5, 5.41) is 0.195. The Morgan fingerprint density at radius 2 is 1.94 bits per heavy atom. The minimum atomic E-state index is 0.195. The molecular weight excluding hydrogens is 218 g/mol. The molecule has 0 spiro atoms. The molecule has 1 aromatic rings. The van der Waals surface area contributed by atoms with Gasteiger partial charge in [-0.15, -0.1) is 0 Å². The normalized spacial score (nSPS) is 10.1. The van der Waals surface area contributed by atoms with E-state index in [-0.39, 0.29) is 5.24 Å². The highest BCUT2D eigenvalue weighted by atomic mass is 32.2. The number of hydrogen-bond donors (Lipinski definition) is 0. The van der Waals surface area contributed by atoms with Crippen LogP contribution in [0.2, 0.25) is 0 Å². The van der Waals surface area contributed by atoms with E-state index in [2.05, 4.69) is 12.1 Å². The molecule has 0 bridgehead atoms. The molecule has 0 aliphatic carbocycles. The number of amides is 1. The number of likely N-dealkylation sites (N-methyl/N-ethyl adjacent to an activating group) is 1. The molecule has 0 atom stereocenters. The predicted molar refractivity (Wildman–Crippen MR) is 70.9 cm³/mol. The minimum Gasteiger partial charge on any atom is -0.334 e. The number of hydrogen-bond acceptors (Lipinski definition) is 2. The zero-order valence-corrected chi connectivity index (χ0v) is 10.8. The van der Waals surface area contributed by atoms with Crippen molar-refractivity contribution < 1.29 is 4.79 Å².